The van der Waals surface area contributed by atoms with Crippen LogP contribution in [0.2, 0.25) is 0 Å². The molecule has 0 spiro atoms. The standard InChI is InChI=1S/C21H18BrNO3/c1-25-20-12-11-15(21(24)23-19-10-6-5-9-18(19)22)13-16(20)14-26-17-7-3-2-4-8-17/h2-13H,14H2,1H3,(H,23,24). The summed E-state index contributed by atoms with van der Waals surface area (Å²) >= 11 is 3.43. The Morgan fingerprint density at radius 1 is 1.00 bits per heavy atom. The van der Waals surface area contributed by atoms with Gasteiger partial charge in [0.05, 0.1) is 12.8 Å². The van der Waals surface area contributed by atoms with Crippen LogP contribution in [0.5, 0.6) is 11.5 Å². The zero-order valence-electron chi connectivity index (χ0n) is 14.2. The predicted octanol–water partition coefficient (Wildman–Crippen LogP) is 5.29. The number of ether oxygens (including phenoxy) is 2. The third-order valence-corrected chi connectivity index (χ3v) is 4.49. The van der Waals surface area contributed by atoms with Crippen LogP contribution in [-0.4, -0.2) is 13.0 Å². The van der Waals surface area contributed by atoms with Gasteiger partial charge in [-0.3, -0.25) is 4.79 Å². The van der Waals surface area contributed by atoms with Crippen molar-refractivity contribution in [2.45, 2.75) is 6.61 Å². The highest BCUT2D eigenvalue weighted by atomic mass is 79.9. The van der Waals surface area contributed by atoms with E-state index in [0.717, 1.165) is 21.5 Å². The van der Waals surface area contributed by atoms with Gasteiger partial charge in [-0.25, -0.2) is 0 Å². The lowest BCUT2D eigenvalue weighted by Gasteiger charge is -2.13. The number of benzene rings is 3. The van der Waals surface area contributed by atoms with E-state index in [9.17, 15) is 4.79 Å². The number of anilines is 1. The summed E-state index contributed by atoms with van der Waals surface area (Å²) in [5, 5.41) is 2.90. The van der Waals surface area contributed by atoms with Crippen molar-refractivity contribution in [3.05, 3.63) is 88.4 Å². The van der Waals surface area contributed by atoms with E-state index in [-0.39, 0.29) is 5.91 Å². The van der Waals surface area contributed by atoms with Crippen LogP contribution in [0.3, 0.4) is 0 Å². The number of nitrogens with one attached hydrogen (secondary N) is 1. The molecule has 1 amide bonds. The number of methoxy groups -OCH3 is 1. The van der Waals surface area contributed by atoms with Gasteiger partial charge in [0.2, 0.25) is 0 Å². The van der Waals surface area contributed by atoms with Crippen LogP contribution in [0.25, 0.3) is 0 Å². The summed E-state index contributed by atoms with van der Waals surface area (Å²) in [6.45, 7) is 0.309. The largest absolute Gasteiger partial charge is 0.496 e. The molecule has 26 heavy (non-hydrogen) atoms. The molecule has 3 aromatic rings. The highest BCUT2D eigenvalue weighted by Gasteiger charge is 2.12. The summed E-state index contributed by atoms with van der Waals surface area (Å²) in [5.41, 5.74) is 2.06. The molecule has 0 atom stereocenters. The van der Waals surface area contributed by atoms with E-state index in [0.29, 0.717) is 17.9 Å². The Balaban J connectivity index is 1.78. The summed E-state index contributed by atoms with van der Waals surface area (Å²) in [6.07, 6.45) is 0. The Kier molecular flexibility index (Phi) is 5.92. The number of amides is 1. The lowest BCUT2D eigenvalue weighted by molar-refractivity contribution is 0.102. The van der Waals surface area contributed by atoms with Gasteiger partial charge in [-0.05, 0) is 58.4 Å². The smallest absolute Gasteiger partial charge is 0.255 e. The first-order chi connectivity index (χ1) is 12.7. The first-order valence-corrected chi connectivity index (χ1v) is 8.87. The van der Waals surface area contributed by atoms with E-state index in [1.807, 2.05) is 54.6 Å². The normalized spacial score (nSPS) is 10.2. The van der Waals surface area contributed by atoms with Crippen LogP contribution in [0.1, 0.15) is 15.9 Å². The van der Waals surface area contributed by atoms with E-state index in [1.54, 1.807) is 25.3 Å². The third kappa shape index (κ3) is 4.43. The van der Waals surface area contributed by atoms with Gasteiger partial charge in [0.15, 0.2) is 0 Å². The third-order valence-electron chi connectivity index (χ3n) is 3.80. The molecule has 0 heterocycles. The summed E-state index contributed by atoms with van der Waals surface area (Å²) in [6, 6.07) is 22.3. The molecular weight excluding hydrogens is 394 g/mol. The SMILES string of the molecule is COc1ccc(C(=O)Nc2ccccc2Br)cc1COc1ccccc1. The monoisotopic (exact) mass is 411 g/mol. The molecule has 132 valence electrons. The highest BCUT2D eigenvalue weighted by Crippen LogP contribution is 2.25. The fourth-order valence-electron chi connectivity index (χ4n) is 2.47. The Labute approximate surface area is 160 Å². The molecule has 0 aliphatic carbocycles. The fourth-order valence-corrected chi connectivity index (χ4v) is 2.85. The van der Waals surface area contributed by atoms with Crippen LogP contribution < -0.4 is 14.8 Å². The van der Waals surface area contributed by atoms with Crippen molar-refractivity contribution in [1.82, 2.24) is 0 Å². The van der Waals surface area contributed by atoms with Crippen LogP contribution >= 0.6 is 15.9 Å². The summed E-state index contributed by atoms with van der Waals surface area (Å²) in [4.78, 5) is 12.6. The quantitative estimate of drug-likeness (QED) is 0.599. The number of hydrogen-bond acceptors (Lipinski definition) is 3. The lowest BCUT2D eigenvalue weighted by Crippen LogP contribution is -2.13. The van der Waals surface area contributed by atoms with Gasteiger partial charge >= 0.3 is 0 Å². The van der Waals surface area contributed by atoms with Crippen molar-refractivity contribution in [2.75, 3.05) is 12.4 Å². The summed E-state index contributed by atoms with van der Waals surface area (Å²) in [7, 11) is 1.60. The molecule has 0 aliphatic heterocycles. The highest BCUT2D eigenvalue weighted by molar-refractivity contribution is 9.10. The van der Waals surface area contributed by atoms with Gasteiger partial charge in [-0.15, -0.1) is 0 Å². The van der Waals surface area contributed by atoms with Crippen molar-refractivity contribution < 1.29 is 14.3 Å². The van der Waals surface area contributed by atoms with E-state index >= 15 is 0 Å². The Morgan fingerprint density at radius 3 is 2.46 bits per heavy atom. The van der Waals surface area contributed by atoms with Crippen molar-refractivity contribution in [3.63, 3.8) is 0 Å². The maximum Gasteiger partial charge on any atom is 0.255 e. The summed E-state index contributed by atoms with van der Waals surface area (Å²) in [5.74, 6) is 1.25. The number of hydrogen-bond donors (Lipinski definition) is 1. The van der Waals surface area contributed by atoms with Crippen LogP contribution in [0.15, 0.2) is 77.3 Å². The second kappa shape index (κ2) is 8.54. The molecule has 5 heteroatoms. The van der Waals surface area contributed by atoms with Gasteiger partial charge in [0.25, 0.3) is 5.91 Å². The molecule has 0 radical (unpaired) electrons. The molecule has 0 aromatic heterocycles. The number of para-hydroxylation sites is 2. The second-order valence-electron chi connectivity index (χ2n) is 5.56. The molecule has 3 rings (SSSR count). The number of halogens is 1. The molecule has 0 saturated heterocycles. The molecule has 1 N–H and O–H groups in total. The molecule has 0 aliphatic rings. The number of rotatable bonds is 6. The van der Waals surface area contributed by atoms with Gasteiger partial charge < -0.3 is 14.8 Å². The first kappa shape index (κ1) is 18.0. The van der Waals surface area contributed by atoms with Crippen molar-refractivity contribution in [3.8, 4) is 11.5 Å². The topological polar surface area (TPSA) is 47.6 Å². The maximum atomic E-state index is 12.6. The van der Waals surface area contributed by atoms with Crippen molar-refractivity contribution in [2.24, 2.45) is 0 Å². The Morgan fingerprint density at radius 2 is 1.73 bits per heavy atom. The Bertz CT molecular complexity index is 897. The van der Waals surface area contributed by atoms with Crippen LogP contribution in [-0.2, 0) is 6.61 Å². The lowest BCUT2D eigenvalue weighted by atomic mass is 10.1. The van der Waals surface area contributed by atoms with E-state index in [1.165, 1.54) is 0 Å². The average molecular weight is 412 g/mol. The Hall–Kier alpha value is -2.79. The number of carbonyl (C=O) groups is 1. The maximum absolute atomic E-state index is 12.6. The summed E-state index contributed by atoms with van der Waals surface area (Å²) < 4.78 is 12.0. The van der Waals surface area contributed by atoms with Crippen LogP contribution in [0, 0.1) is 0 Å². The van der Waals surface area contributed by atoms with Gasteiger partial charge in [-0.1, -0.05) is 30.3 Å². The molecule has 0 saturated carbocycles. The molecule has 4 nitrogen and oxygen atoms in total. The first-order valence-electron chi connectivity index (χ1n) is 8.08. The molecule has 0 bridgehead atoms. The molecule has 0 unspecified atom stereocenters. The second-order valence-corrected chi connectivity index (χ2v) is 6.42. The van der Waals surface area contributed by atoms with Crippen molar-refractivity contribution in [1.29, 1.82) is 0 Å². The van der Waals surface area contributed by atoms with Gasteiger partial charge in [0, 0.05) is 15.6 Å². The van der Waals surface area contributed by atoms with E-state index in [4.69, 9.17) is 9.47 Å². The van der Waals surface area contributed by atoms with E-state index in [2.05, 4.69) is 21.2 Å². The minimum atomic E-state index is -0.194. The predicted molar refractivity (Wildman–Crippen MR) is 106 cm³/mol. The van der Waals surface area contributed by atoms with Crippen molar-refractivity contribution >= 4 is 27.5 Å². The fraction of sp³-hybridized carbons (Fsp3) is 0.0952. The number of carbonyl (C=O) groups excluding carboxylic acids is 1. The van der Waals surface area contributed by atoms with Crippen LogP contribution in [0.4, 0.5) is 5.69 Å². The van der Waals surface area contributed by atoms with E-state index < -0.39 is 0 Å². The zero-order valence-corrected chi connectivity index (χ0v) is 15.8. The van der Waals surface area contributed by atoms with Gasteiger partial charge in [-0.2, -0.15) is 0 Å². The molecule has 3 aromatic carbocycles. The zero-order chi connectivity index (χ0) is 18.4. The molecular formula is C21H18BrNO3. The molecule has 0 fully saturated rings. The minimum absolute atomic E-state index is 0.194. The average Bonchev–Trinajstić information content (AvgIpc) is 2.68. The van der Waals surface area contributed by atoms with Gasteiger partial charge in [0.1, 0.15) is 18.1 Å². The minimum Gasteiger partial charge on any atom is -0.496 e.